The molecule has 0 spiro atoms. The van der Waals surface area contributed by atoms with Crippen LogP contribution >= 0.6 is 0 Å². The van der Waals surface area contributed by atoms with E-state index in [1.807, 2.05) is 20.8 Å². The molecule has 1 heterocycles. The summed E-state index contributed by atoms with van der Waals surface area (Å²) in [5, 5.41) is 6.35. The number of hydrogen-bond donors (Lipinski definition) is 1. The van der Waals surface area contributed by atoms with Gasteiger partial charge in [0.15, 0.2) is 12.4 Å². The molecular weight excluding hydrogens is 275 g/mol. The lowest BCUT2D eigenvalue weighted by molar-refractivity contribution is -0.118. The van der Waals surface area contributed by atoms with Crippen LogP contribution in [0.5, 0.6) is 5.75 Å². The normalized spacial score (nSPS) is 11.2. The molecule has 5 nitrogen and oxygen atoms in total. The van der Waals surface area contributed by atoms with Crippen molar-refractivity contribution in [3.63, 3.8) is 0 Å². The molecule has 1 N–H and O–H groups in total. The van der Waals surface area contributed by atoms with E-state index in [1.54, 1.807) is 6.07 Å². The number of nitrogens with zero attached hydrogens (tertiary/aromatic N) is 1. The van der Waals surface area contributed by atoms with Crippen LogP contribution in [0.25, 0.3) is 0 Å². The van der Waals surface area contributed by atoms with Crippen molar-refractivity contribution in [1.29, 1.82) is 0 Å². The molecule has 1 aromatic heterocycles. The van der Waals surface area contributed by atoms with E-state index in [0.29, 0.717) is 17.3 Å². The highest BCUT2D eigenvalue weighted by Crippen LogP contribution is 2.24. The Morgan fingerprint density at radius 1 is 1.33 bits per heavy atom. The van der Waals surface area contributed by atoms with Crippen molar-refractivity contribution in [2.24, 2.45) is 0 Å². The van der Waals surface area contributed by atoms with Crippen molar-refractivity contribution in [2.45, 2.75) is 26.2 Å². The van der Waals surface area contributed by atoms with Crippen molar-refractivity contribution in [1.82, 2.24) is 5.16 Å². The van der Waals surface area contributed by atoms with Crippen LogP contribution in [-0.4, -0.2) is 17.7 Å². The molecule has 0 fully saturated rings. The molecule has 0 unspecified atom stereocenters. The number of carbonyl (C=O) groups is 1. The molecule has 0 saturated heterocycles. The molecule has 0 bridgehead atoms. The first-order chi connectivity index (χ1) is 9.84. The number of amides is 1. The molecule has 0 radical (unpaired) electrons. The van der Waals surface area contributed by atoms with E-state index >= 15 is 0 Å². The van der Waals surface area contributed by atoms with Crippen LogP contribution in [0, 0.1) is 5.82 Å². The first-order valence-electron chi connectivity index (χ1n) is 6.50. The van der Waals surface area contributed by atoms with Gasteiger partial charge in [-0.3, -0.25) is 4.79 Å². The van der Waals surface area contributed by atoms with Crippen molar-refractivity contribution in [3.05, 3.63) is 41.9 Å². The molecule has 0 aliphatic heterocycles. The standard InChI is InChI=1S/C15H17FN2O3/c1-15(2,3)12-8-13(18-21-12)17-14(19)9-20-11-6-4-10(16)5-7-11/h4-8H,9H2,1-3H3,(H,17,18,19). The second-order valence-electron chi connectivity index (χ2n) is 5.62. The number of aromatic nitrogens is 1. The molecule has 6 heteroatoms. The number of ether oxygens (including phenoxy) is 1. The third-order valence-corrected chi connectivity index (χ3v) is 2.70. The van der Waals surface area contributed by atoms with E-state index in [4.69, 9.17) is 9.26 Å². The summed E-state index contributed by atoms with van der Waals surface area (Å²) in [4.78, 5) is 11.7. The minimum Gasteiger partial charge on any atom is -0.484 e. The highest BCUT2D eigenvalue weighted by Gasteiger charge is 2.20. The molecule has 2 rings (SSSR count). The van der Waals surface area contributed by atoms with Gasteiger partial charge in [0.25, 0.3) is 5.91 Å². The van der Waals surface area contributed by atoms with E-state index in [0.717, 1.165) is 0 Å². The summed E-state index contributed by atoms with van der Waals surface area (Å²) in [6, 6.07) is 7.11. The maximum absolute atomic E-state index is 12.7. The molecule has 1 amide bonds. The van der Waals surface area contributed by atoms with Crippen LogP contribution in [0.3, 0.4) is 0 Å². The fourth-order valence-corrected chi connectivity index (χ4v) is 1.55. The average Bonchev–Trinajstić information content (AvgIpc) is 2.86. The lowest BCUT2D eigenvalue weighted by Gasteiger charge is -2.12. The second kappa shape index (κ2) is 5.95. The zero-order chi connectivity index (χ0) is 15.5. The zero-order valence-electron chi connectivity index (χ0n) is 12.1. The largest absolute Gasteiger partial charge is 0.484 e. The lowest BCUT2D eigenvalue weighted by Crippen LogP contribution is -2.20. The highest BCUT2D eigenvalue weighted by atomic mass is 19.1. The topological polar surface area (TPSA) is 64.4 Å². The number of nitrogens with one attached hydrogen (secondary N) is 1. The quantitative estimate of drug-likeness (QED) is 0.940. The summed E-state index contributed by atoms with van der Waals surface area (Å²) in [5.74, 6) is 0.712. The number of rotatable bonds is 4. The predicted octanol–water partition coefficient (Wildman–Crippen LogP) is 3.13. The maximum atomic E-state index is 12.7. The zero-order valence-corrected chi connectivity index (χ0v) is 12.1. The van der Waals surface area contributed by atoms with Gasteiger partial charge < -0.3 is 14.6 Å². The Balaban J connectivity index is 1.87. The van der Waals surface area contributed by atoms with Crippen LogP contribution in [0.1, 0.15) is 26.5 Å². The van der Waals surface area contributed by atoms with Gasteiger partial charge in [-0.2, -0.15) is 0 Å². The molecule has 2 aromatic rings. The summed E-state index contributed by atoms with van der Waals surface area (Å²) >= 11 is 0. The first kappa shape index (κ1) is 15.0. The predicted molar refractivity (Wildman–Crippen MR) is 75.7 cm³/mol. The molecular formula is C15H17FN2O3. The molecule has 112 valence electrons. The summed E-state index contributed by atoms with van der Waals surface area (Å²) < 4.78 is 23.1. The van der Waals surface area contributed by atoms with E-state index in [9.17, 15) is 9.18 Å². The van der Waals surface area contributed by atoms with Gasteiger partial charge in [0.1, 0.15) is 17.3 Å². The number of benzene rings is 1. The first-order valence-corrected chi connectivity index (χ1v) is 6.50. The monoisotopic (exact) mass is 292 g/mol. The number of halogens is 1. The Labute approximate surface area is 122 Å². The Kier molecular flexibility index (Phi) is 4.26. The number of carbonyl (C=O) groups excluding carboxylic acids is 1. The molecule has 21 heavy (non-hydrogen) atoms. The SMILES string of the molecule is CC(C)(C)c1cc(NC(=O)COc2ccc(F)cc2)no1. The van der Waals surface area contributed by atoms with Gasteiger partial charge in [0, 0.05) is 11.5 Å². The van der Waals surface area contributed by atoms with Crippen LogP contribution in [0.2, 0.25) is 0 Å². The molecule has 0 aliphatic rings. The van der Waals surface area contributed by atoms with Crippen LogP contribution in [0.15, 0.2) is 34.9 Å². The van der Waals surface area contributed by atoms with Gasteiger partial charge in [-0.1, -0.05) is 25.9 Å². The Hall–Kier alpha value is -2.37. The fraction of sp³-hybridized carbons (Fsp3) is 0.333. The third-order valence-electron chi connectivity index (χ3n) is 2.70. The molecule has 1 aromatic carbocycles. The minimum absolute atomic E-state index is 0.180. The minimum atomic E-state index is -0.368. The average molecular weight is 292 g/mol. The Morgan fingerprint density at radius 2 is 2.00 bits per heavy atom. The van der Waals surface area contributed by atoms with Gasteiger partial charge in [-0.15, -0.1) is 0 Å². The maximum Gasteiger partial charge on any atom is 0.263 e. The summed E-state index contributed by atoms with van der Waals surface area (Å²) in [6.45, 7) is 5.76. The van der Waals surface area contributed by atoms with Crippen molar-refractivity contribution >= 4 is 11.7 Å². The van der Waals surface area contributed by atoms with E-state index in [2.05, 4.69) is 10.5 Å². The Morgan fingerprint density at radius 3 is 2.57 bits per heavy atom. The molecule has 0 aliphatic carbocycles. The van der Waals surface area contributed by atoms with E-state index in [-0.39, 0.29) is 23.7 Å². The Bertz CT molecular complexity index is 615. The van der Waals surface area contributed by atoms with Crippen molar-refractivity contribution in [2.75, 3.05) is 11.9 Å². The van der Waals surface area contributed by atoms with Gasteiger partial charge >= 0.3 is 0 Å². The van der Waals surface area contributed by atoms with E-state index in [1.165, 1.54) is 24.3 Å². The molecule has 0 atom stereocenters. The van der Waals surface area contributed by atoms with Gasteiger partial charge in [0.2, 0.25) is 0 Å². The highest BCUT2D eigenvalue weighted by molar-refractivity contribution is 5.90. The van der Waals surface area contributed by atoms with Crippen LogP contribution in [-0.2, 0) is 10.2 Å². The third kappa shape index (κ3) is 4.30. The van der Waals surface area contributed by atoms with E-state index < -0.39 is 0 Å². The number of anilines is 1. The summed E-state index contributed by atoms with van der Waals surface area (Å²) in [5.41, 5.74) is -0.180. The van der Waals surface area contributed by atoms with Crippen LogP contribution in [0.4, 0.5) is 10.2 Å². The smallest absolute Gasteiger partial charge is 0.263 e. The van der Waals surface area contributed by atoms with Crippen LogP contribution < -0.4 is 10.1 Å². The molecule has 0 saturated carbocycles. The summed E-state index contributed by atoms with van der Waals surface area (Å²) in [6.07, 6.45) is 0. The number of hydrogen-bond acceptors (Lipinski definition) is 4. The fourth-order valence-electron chi connectivity index (χ4n) is 1.55. The van der Waals surface area contributed by atoms with Crippen molar-refractivity contribution < 1.29 is 18.4 Å². The summed E-state index contributed by atoms with van der Waals surface area (Å²) in [7, 11) is 0. The lowest BCUT2D eigenvalue weighted by atomic mass is 9.93. The second-order valence-corrected chi connectivity index (χ2v) is 5.62. The van der Waals surface area contributed by atoms with Crippen molar-refractivity contribution in [3.8, 4) is 5.75 Å². The van der Waals surface area contributed by atoms with Gasteiger partial charge in [0.05, 0.1) is 0 Å². The van der Waals surface area contributed by atoms with Gasteiger partial charge in [-0.25, -0.2) is 4.39 Å². The van der Waals surface area contributed by atoms with Gasteiger partial charge in [-0.05, 0) is 24.3 Å².